The topological polar surface area (TPSA) is 77.1 Å². The van der Waals surface area contributed by atoms with E-state index in [1.54, 1.807) is 5.01 Å². The van der Waals surface area contributed by atoms with E-state index in [1.165, 1.54) is 19.3 Å². The molecule has 7 nitrogen and oxygen atoms in total. The Hall–Kier alpha value is -1.18. The van der Waals surface area contributed by atoms with E-state index in [4.69, 9.17) is 14.5 Å². The Kier molecular flexibility index (Phi) is 4.31. The first-order valence-corrected chi connectivity index (χ1v) is 13.4. The van der Waals surface area contributed by atoms with Crippen molar-refractivity contribution in [2.75, 3.05) is 0 Å². The van der Waals surface area contributed by atoms with Crippen molar-refractivity contribution < 1.29 is 24.1 Å². The summed E-state index contributed by atoms with van der Waals surface area (Å²) in [7, 11) is 0. The highest BCUT2D eigenvalue weighted by molar-refractivity contribution is 5.88. The first kappa shape index (κ1) is 21.1. The highest BCUT2D eigenvalue weighted by Crippen LogP contribution is 2.62. The second kappa shape index (κ2) is 6.73. The van der Waals surface area contributed by atoms with Crippen LogP contribution in [0.2, 0.25) is 0 Å². The van der Waals surface area contributed by atoms with E-state index < -0.39 is 17.6 Å². The lowest BCUT2D eigenvalue weighted by atomic mass is 9.49. The number of ether oxygens (including phenoxy) is 1. The third-order valence-corrected chi connectivity index (χ3v) is 11.0. The summed E-state index contributed by atoms with van der Waals surface area (Å²) in [4.78, 5) is 39.9. The first-order valence-electron chi connectivity index (χ1n) is 13.4. The summed E-state index contributed by atoms with van der Waals surface area (Å²) < 4.78 is 6.57. The van der Waals surface area contributed by atoms with Crippen molar-refractivity contribution in [2.24, 2.45) is 46.8 Å². The zero-order chi connectivity index (χ0) is 22.8. The Morgan fingerprint density at radius 2 is 1.64 bits per heavy atom. The van der Waals surface area contributed by atoms with E-state index in [2.05, 4.69) is 12.3 Å². The minimum Gasteiger partial charge on any atom is -0.319 e. The lowest BCUT2D eigenvalue weighted by Gasteiger charge is -2.62. The molecule has 5 aliphatic carbocycles. The van der Waals surface area contributed by atoms with Crippen LogP contribution in [0.25, 0.3) is 0 Å². The Morgan fingerprint density at radius 1 is 0.970 bits per heavy atom. The van der Waals surface area contributed by atoms with Crippen LogP contribution in [0.1, 0.15) is 85.0 Å². The molecule has 4 aliphatic heterocycles. The fraction of sp³-hybridized carbons (Fsp3) is 0.923. The van der Waals surface area contributed by atoms with Gasteiger partial charge in [-0.1, -0.05) is 13.8 Å². The van der Waals surface area contributed by atoms with E-state index in [1.807, 2.05) is 13.8 Å². The number of nitrogens with zero attached hydrogens (tertiary/aromatic N) is 1. The van der Waals surface area contributed by atoms with Gasteiger partial charge in [-0.25, -0.2) is 14.8 Å². The molecule has 9 fully saturated rings. The van der Waals surface area contributed by atoms with Crippen LogP contribution in [0.3, 0.4) is 0 Å². The van der Waals surface area contributed by atoms with E-state index in [9.17, 15) is 9.59 Å². The number of nitrogens with one attached hydrogen (secondary N) is 1. The Bertz CT molecular complexity index is 857. The number of hydrogen-bond donors (Lipinski definition) is 1. The average Bonchev–Trinajstić information content (AvgIpc) is 3.00. The SMILES string of the molecule is C[C@@H]1CC[C@H]2[C@@H](C)C(=O)N(NC(=O)C34CC5CC(CC(C5)C3)C4)[C@@H]3O[C@@]4(C)CC[C@@H]1[C@@]23OO4. The molecular weight excluding hydrogens is 420 g/mol. The maximum absolute atomic E-state index is 13.9. The maximum Gasteiger partial charge on any atom is 0.246 e. The van der Waals surface area contributed by atoms with Crippen molar-refractivity contribution in [2.45, 2.75) is 103 Å². The van der Waals surface area contributed by atoms with Crippen molar-refractivity contribution in [3.05, 3.63) is 0 Å². The predicted molar refractivity (Wildman–Crippen MR) is 118 cm³/mol. The molecule has 0 aromatic rings. The molecule has 0 unspecified atom stereocenters. The average molecular weight is 459 g/mol. The smallest absolute Gasteiger partial charge is 0.246 e. The van der Waals surface area contributed by atoms with Crippen molar-refractivity contribution in [3.63, 3.8) is 0 Å². The standard InChI is InChI=1S/C26H38N2O5/c1-14-4-5-20-15(2)21(29)28(23-26(20)19(14)6-7-24(3,31-23)32-33-26)27-22(30)25-11-16-8-17(12-25)10-18(9-16)13-25/h14-20,23H,4-13H2,1-3H3,(H,27,30)/t14-,15-,16?,17?,18?,19+,20+,23-,24-,25?,26-/m1/s1. The maximum atomic E-state index is 13.9. The van der Waals surface area contributed by atoms with Gasteiger partial charge in [0.15, 0.2) is 11.8 Å². The number of hydrogen-bond acceptors (Lipinski definition) is 5. The molecule has 1 N–H and O–H groups in total. The lowest BCUT2D eigenvalue weighted by Crippen LogP contribution is -2.77. The van der Waals surface area contributed by atoms with Gasteiger partial charge in [0.25, 0.3) is 0 Å². The van der Waals surface area contributed by atoms with Crippen LogP contribution in [-0.2, 0) is 24.1 Å². The van der Waals surface area contributed by atoms with Gasteiger partial charge in [-0.2, -0.15) is 0 Å². The number of piperidine rings is 1. The molecule has 182 valence electrons. The minimum atomic E-state index is -0.901. The molecule has 2 amide bonds. The third-order valence-electron chi connectivity index (χ3n) is 11.0. The van der Waals surface area contributed by atoms with Crippen molar-refractivity contribution in [3.8, 4) is 0 Å². The molecule has 9 rings (SSSR count). The monoisotopic (exact) mass is 458 g/mol. The van der Waals surface area contributed by atoms with Crippen LogP contribution in [0.4, 0.5) is 0 Å². The Morgan fingerprint density at radius 3 is 2.30 bits per heavy atom. The van der Waals surface area contributed by atoms with Gasteiger partial charge in [0.1, 0.15) is 0 Å². The second-order valence-electron chi connectivity index (χ2n) is 13.1. The molecule has 7 atom stereocenters. The van der Waals surface area contributed by atoms with Crippen LogP contribution in [0.15, 0.2) is 0 Å². The highest BCUT2D eigenvalue weighted by Gasteiger charge is 2.71. The molecule has 4 heterocycles. The number of rotatable bonds is 2. The largest absolute Gasteiger partial charge is 0.319 e. The van der Waals surface area contributed by atoms with Gasteiger partial charge in [-0.3, -0.25) is 15.0 Å². The van der Waals surface area contributed by atoms with Gasteiger partial charge >= 0.3 is 0 Å². The molecule has 4 saturated heterocycles. The van der Waals surface area contributed by atoms with Gasteiger partial charge in [-0.05, 0) is 94.3 Å². The third kappa shape index (κ3) is 2.73. The molecule has 9 aliphatic rings. The highest BCUT2D eigenvalue weighted by atomic mass is 17.3. The van der Waals surface area contributed by atoms with Crippen LogP contribution < -0.4 is 5.43 Å². The summed E-state index contributed by atoms with van der Waals surface area (Å²) in [5.74, 6) is 1.59. The quantitative estimate of drug-likeness (QED) is 0.635. The molecule has 5 saturated carbocycles. The molecular formula is C26H38N2O5. The van der Waals surface area contributed by atoms with Gasteiger partial charge in [-0.15, -0.1) is 0 Å². The number of carbonyl (C=O) groups excluding carboxylic acids is 2. The van der Waals surface area contributed by atoms with Crippen molar-refractivity contribution >= 4 is 11.8 Å². The van der Waals surface area contributed by atoms with E-state index >= 15 is 0 Å². The number of hydrazine groups is 1. The van der Waals surface area contributed by atoms with Crippen molar-refractivity contribution in [1.82, 2.24) is 10.4 Å². The lowest BCUT2D eigenvalue weighted by molar-refractivity contribution is -0.549. The number of carbonyl (C=O) groups is 2. The fourth-order valence-corrected chi connectivity index (χ4v) is 9.79. The zero-order valence-electron chi connectivity index (χ0n) is 20.2. The predicted octanol–water partition coefficient (Wildman–Crippen LogP) is 3.93. The minimum absolute atomic E-state index is 0.0338. The molecule has 33 heavy (non-hydrogen) atoms. The number of fused-ring (bicyclic) bond motifs is 2. The molecule has 1 spiro atoms. The van der Waals surface area contributed by atoms with Crippen LogP contribution in [0.5, 0.6) is 0 Å². The molecule has 0 aromatic carbocycles. The zero-order valence-corrected chi connectivity index (χ0v) is 20.2. The Labute approximate surface area is 196 Å². The van der Waals surface area contributed by atoms with Gasteiger partial charge in [0.05, 0.1) is 5.41 Å². The summed E-state index contributed by atoms with van der Waals surface area (Å²) in [6.45, 7) is 6.19. The Balaban J connectivity index is 1.25. The van der Waals surface area contributed by atoms with Gasteiger partial charge in [0, 0.05) is 18.3 Å². The van der Waals surface area contributed by atoms with Gasteiger partial charge in [0.2, 0.25) is 17.6 Å². The molecule has 0 aromatic heterocycles. The summed E-state index contributed by atoms with van der Waals surface area (Å²) >= 11 is 0. The second-order valence-corrected chi connectivity index (χ2v) is 13.1. The first-order chi connectivity index (χ1) is 15.7. The molecule has 6 bridgehead atoms. The van der Waals surface area contributed by atoms with Crippen LogP contribution in [0, 0.1) is 46.8 Å². The van der Waals surface area contributed by atoms with Crippen LogP contribution in [-0.4, -0.2) is 34.4 Å². The van der Waals surface area contributed by atoms with Crippen LogP contribution >= 0.6 is 0 Å². The molecule has 0 radical (unpaired) electrons. The molecule has 7 heteroatoms. The fourth-order valence-electron chi connectivity index (χ4n) is 9.79. The van der Waals surface area contributed by atoms with Gasteiger partial charge < -0.3 is 4.74 Å². The normalized spacial score (nSPS) is 56.5. The summed E-state index contributed by atoms with van der Waals surface area (Å²) in [5, 5.41) is 1.55. The van der Waals surface area contributed by atoms with Crippen molar-refractivity contribution in [1.29, 1.82) is 0 Å². The van der Waals surface area contributed by atoms with E-state index in [0.717, 1.165) is 44.9 Å². The summed E-state index contributed by atoms with van der Waals surface area (Å²) in [6, 6.07) is 0. The van der Waals surface area contributed by atoms with E-state index in [-0.39, 0.29) is 35.0 Å². The van der Waals surface area contributed by atoms with E-state index in [0.29, 0.717) is 23.7 Å². The number of amides is 2. The summed E-state index contributed by atoms with van der Waals surface area (Å²) in [5.41, 5.74) is 2.12. The summed E-state index contributed by atoms with van der Waals surface area (Å²) in [6.07, 6.45) is 9.80.